The summed E-state index contributed by atoms with van der Waals surface area (Å²) in [4.78, 5) is 21.1. The highest BCUT2D eigenvalue weighted by Gasteiger charge is 2.12. The summed E-state index contributed by atoms with van der Waals surface area (Å²) in [7, 11) is 0. The fourth-order valence-electron chi connectivity index (χ4n) is 3.89. The van der Waals surface area contributed by atoms with Crippen molar-refractivity contribution < 1.29 is 4.79 Å². The molecule has 0 atom stereocenters. The summed E-state index contributed by atoms with van der Waals surface area (Å²) in [6.45, 7) is 11.2. The molecule has 3 rings (SSSR count). The molecule has 1 aliphatic heterocycles. The van der Waals surface area contributed by atoms with E-state index in [9.17, 15) is 4.79 Å². The standard InChI is InChI=1S/C28H35N3O/c1-5-31-20-26(24-17-15-22(4)23(19-24)16-14-21(2)3)30-28(31)13-9-7-6-8-12-27(32)25-11-10-18-29-25/h10,14-20H,2,5-9,11-13H2,1,3-4H3/b16-14-. The molecule has 0 unspecified atom stereocenters. The highest BCUT2D eigenvalue weighted by Crippen LogP contribution is 2.24. The molecule has 2 aromatic rings. The molecule has 1 aromatic carbocycles. The van der Waals surface area contributed by atoms with Gasteiger partial charge >= 0.3 is 0 Å². The van der Waals surface area contributed by atoms with Gasteiger partial charge in [-0.1, -0.05) is 55.4 Å². The molecule has 0 saturated carbocycles. The molecule has 0 fully saturated rings. The summed E-state index contributed by atoms with van der Waals surface area (Å²) in [5.41, 5.74) is 6.39. The van der Waals surface area contributed by atoms with Crippen molar-refractivity contribution in [2.75, 3.05) is 0 Å². The number of imidazole rings is 1. The summed E-state index contributed by atoms with van der Waals surface area (Å²) in [6.07, 6.45) is 16.5. The minimum absolute atomic E-state index is 0.205. The Bertz CT molecular complexity index is 1050. The Morgan fingerprint density at radius 1 is 1.22 bits per heavy atom. The number of allylic oxidation sites excluding steroid dienone is 3. The maximum atomic E-state index is 12.0. The first-order valence-electron chi connectivity index (χ1n) is 11.7. The zero-order chi connectivity index (χ0) is 22.9. The summed E-state index contributed by atoms with van der Waals surface area (Å²) < 4.78 is 2.26. The van der Waals surface area contributed by atoms with Crippen LogP contribution in [0.5, 0.6) is 0 Å². The van der Waals surface area contributed by atoms with Gasteiger partial charge in [-0.05, 0) is 50.8 Å². The van der Waals surface area contributed by atoms with Crippen LogP contribution in [0.4, 0.5) is 0 Å². The molecular formula is C28H35N3O. The minimum atomic E-state index is 0.205. The highest BCUT2D eigenvalue weighted by molar-refractivity contribution is 6.40. The van der Waals surface area contributed by atoms with E-state index in [0.29, 0.717) is 12.8 Å². The zero-order valence-electron chi connectivity index (χ0n) is 19.7. The zero-order valence-corrected chi connectivity index (χ0v) is 19.7. The molecule has 0 amide bonds. The Labute approximate surface area is 192 Å². The third-order valence-corrected chi connectivity index (χ3v) is 5.85. The normalized spacial score (nSPS) is 13.2. The van der Waals surface area contributed by atoms with Crippen LogP contribution in [0, 0.1) is 6.92 Å². The van der Waals surface area contributed by atoms with Crippen LogP contribution < -0.4 is 0 Å². The van der Waals surface area contributed by atoms with E-state index in [1.165, 1.54) is 11.1 Å². The van der Waals surface area contributed by atoms with Gasteiger partial charge in [-0.3, -0.25) is 9.79 Å². The molecule has 168 valence electrons. The number of Topliss-reactive ketones (excluding diaryl/α,β-unsaturated/α-hetero) is 1. The SMILES string of the molecule is C=C(C)/C=C\c1cc(-c2cn(CC)c(CCCCCCC(=O)C3=NC=CC3)n2)ccc1C. The van der Waals surface area contributed by atoms with Gasteiger partial charge in [0.15, 0.2) is 5.78 Å². The number of nitrogens with zero attached hydrogens (tertiary/aromatic N) is 3. The fraction of sp³-hybridized carbons (Fsp3) is 0.393. The lowest BCUT2D eigenvalue weighted by Crippen LogP contribution is -2.10. The van der Waals surface area contributed by atoms with Gasteiger partial charge in [0.25, 0.3) is 0 Å². The summed E-state index contributed by atoms with van der Waals surface area (Å²) >= 11 is 0. The molecule has 4 nitrogen and oxygen atoms in total. The van der Waals surface area contributed by atoms with Crippen molar-refractivity contribution in [3.05, 3.63) is 71.9 Å². The smallest absolute Gasteiger partial charge is 0.177 e. The van der Waals surface area contributed by atoms with Gasteiger partial charge in [0.2, 0.25) is 0 Å². The Balaban J connectivity index is 1.54. The Hall–Kier alpha value is -3.01. The largest absolute Gasteiger partial charge is 0.335 e. The summed E-state index contributed by atoms with van der Waals surface area (Å²) in [5.74, 6) is 1.35. The monoisotopic (exact) mass is 429 g/mol. The third kappa shape index (κ3) is 6.49. The van der Waals surface area contributed by atoms with Gasteiger partial charge in [0, 0.05) is 43.8 Å². The molecule has 0 aliphatic carbocycles. The van der Waals surface area contributed by atoms with E-state index in [0.717, 1.165) is 67.0 Å². The Morgan fingerprint density at radius 3 is 2.75 bits per heavy atom. The molecule has 4 heteroatoms. The number of carbonyl (C=O) groups excluding carboxylic acids is 1. The van der Waals surface area contributed by atoms with Crippen molar-refractivity contribution >= 4 is 17.6 Å². The van der Waals surface area contributed by atoms with Gasteiger partial charge in [-0.2, -0.15) is 0 Å². The number of ketones is 1. The van der Waals surface area contributed by atoms with Crippen molar-refractivity contribution in [1.29, 1.82) is 0 Å². The molecule has 0 radical (unpaired) electrons. The van der Waals surface area contributed by atoms with Crippen LogP contribution in [0.15, 0.2) is 59.9 Å². The van der Waals surface area contributed by atoms with Gasteiger partial charge in [-0.25, -0.2) is 4.98 Å². The van der Waals surface area contributed by atoms with Gasteiger partial charge in [0.05, 0.1) is 11.4 Å². The highest BCUT2D eigenvalue weighted by atomic mass is 16.1. The molecule has 1 aliphatic rings. The lowest BCUT2D eigenvalue weighted by Gasteiger charge is -2.04. The van der Waals surface area contributed by atoms with Crippen LogP contribution in [-0.4, -0.2) is 21.0 Å². The van der Waals surface area contributed by atoms with E-state index < -0.39 is 0 Å². The van der Waals surface area contributed by atoms with Gasteiger partial charge in [-0.15, -0.1) is 0 Å². The predicted molar refractivity (Wildman–Crippen MR) is 135 cm³/mol. The Kier molecular flexibility index (Phi) is 8.55. The molecule has 0 spiro atoms. The van der Waals surface area contributed by atoms with Crippen LogP contribution in [0.3, 0.4) is 0 Å². The third-order valence-electron chi connectivity index (χ3n) is 5.85. The first-order valence-corrected chi connectivity index (χ1v) is 11.7. The molecule has 0 N–H and O–H groups in total. The van der Waals surface area contributed by atoms with Crippen molar-refractivity contribution in [3.8, 4) is 11.3 Å². The number of unbranched alkanes of at least 4 members (excludes halogenated alkanes) is 3. The second-order valence-corrected chi connectivity index (χ2v) is 8.58. The number of aromatic nitrogens is 2. The van der Waals surface area contributed by atoms with Gasteiger partial charge in [0.1, 0.15) is 5.82 Å². The second-order valence-electron chi connectivity index (χ2n) is 8.58. The number of hydrogen-bond acceptors (Lipinski definition) is 3. The maximum Gasteiger partial charge on any atom is 0.177 e. The van der Waals surface area contributed by atoms with E-state index in [2.05, 4.69) is 60.5 Å². The van der Waals surface area contributed by atoms with E-state index in [1.54, 1.807) is 6.20 Å². The van der Waals surface area contributed by atoms with Crippen molar-refractivity contribution in [1.82, 2.24) is 9.55 Å². The predicted octanol–water partition coefficient (Wildman–Crippen LogP) is 6.89. The molecular weight excluding hydrogens is 394 g/mol. The number of carbonyl (C=O) groups is 1. The lowest BCUT2D eigenvalue weighted by molar-refractivity contribution is -0.113. The van der Waals surface area contributed by atoms with Crippen LogP contribution in [0.2, 0.25) is 0 Å². The number of aliphatic imine (C=N–C) groups is 1. The number of rotatable bonds is 12. The Morgan fingerprint density at radius 2 is 2.03 bits per heavy atom. The summed E-state index contributed by atoms with van der Waals surface area (Å²) in [6, 6.07) is 6.52. The number of aryl methyl sites for hydroxylation is 3. The van der Waals surface area contributed by atoms with Crippen LogP contribution in [0.25, 0.3) is 17.3 Å². The topological polar surface area (TPSA) is 47.2 Å². The van der Waals surface area contributed by atoms with Crippen LogP contribution in [0.1, 0.15) is 69.3 Å². The van der Waals surface area contributed by atoms with E-state index in [1.807, 2.05) is 19.1 Å². The molecule has 1 aromatic heterocycles. The van der Waals surface area contributed by atoms with Gasteiger partial charge < -0.3 is 4.57 Å². The van der Waals surface area contributed by atoms with Crippen molar-refractivity contribution in [2.45, 2.75) is 72.3 Å². The first-order chi connectivity index (χ1) is 15.5. The molecule has 0 bridgehead atoms. The lowest BCUT2D eigenvalue weighted by atomic mass is 10.0. The number of hydrogen-bond donors (Lipinski definition) is 0. The summed E-state index contributed by atoms with van der Waals surface area (Å²) in [5, 5.41) is 0. The van der Waals surface area contributed by atoms with Crippen molar-refractivity contribution in [2.24, 2.45) is 4.99 Å². The average molecular weight is 430 g/mol. The van der Waals surface area contributed by atoms with Crippen LogP contribution >= 0.6 is 0 Å². The molecule has 0 saturated heterocycles. The fourth-order valence-corrected chi connectivity index (χ4v) is 3.89. The van der Waals surface area contributed by atoms with Crippen LogP contribution in [-0.2, 0) is 17.8 Å². The maximum absolute atomic E-state index is 12.0. The van der Waals surface area contributed by atoms with E-state index >= 15 is 0 Å². The quantitative estimate of drug-likeness (QED) is 0.272. The minimum Gasteiger partial charge on any atom is -0.335 e. The van der Waals surface area contributed by atoms with Crippen molar-refractivity contribution in [3.63, 3.8) is 0 Å². The second kappa shape index (κ2) is 11.6. The number of benzene rings is 1. The first kappa shape index (κ1) is 23.6. The van der Waals surface area contributed by atoms with E-state index in [-0.39, 0.29) is 5.78 Å². The molecule has 2 heterocycles. The van der Waals surface area contributed by atoms with E-state index in [4.69, 9.17) is 4.98 Å². The molecule has 32 heavy (non-hydrogen) atoms. The average Bonchev–Trinajstić information content (AvgIpc) is 3.45.